The molecule has 148 valence electrons. The number of carbonyl (C=O) groups is 3. The molecule has 0 heterocycles. The summed E-state index contributed by atoms with van der Waals surface area (Å²) in [5.74, 6) is -1.57. The van der Waals surface area contributed by atoms with Gasteiger partial charge in [0.15, 0.2) is 0 Å². The van der Waals surface area contributed by atoms with Gasteiger partial charge in [0.1, 0.15) is 6.04 Å². The molecule has 0 aliphatic heterocycles. The zero-order valence-electron chi connectivity index (χ0n) is 15.9. The van der Waals surface area contributed by atoms with E-state index in [1.165, 1.54) is 6.92 Å². The number of benzene rings is 1. The van der Waals surface area contributed by atoms with Gasteiger partial charge in [-0.1, -0.05) is 12.8 Å². The van der Waals surface area contributed by atoms with Gasteiger partial charge < -0.3 is 20.5 Å². The number of ether oxygens (including phenoxy) is 1. The summed E-state index contributed by atoms with van der Waals surface area (Å²) in [6, 6.07) is 5.49. The predicted octanol–water partition coefficient (Wildman–Crippen LogP) is 2.82. The van der Waals surface area contributed by atoms with E-state index in [0.717, 1.165) is 25.7 Å². The van der Waals surface area contributed by atoms with Crippen LogP contribution in [0, 0.1) is 5.41 Å². The molecule has 0 aromatic heterocycles. The van der Waals surface area contributed by atoms with Crippen molar-refractivity contribution >= 4 is 23.5 Å². The first-order valence-electron chi connectivity index (χ1n) is 9.41. The maximum atomic E-state index is 12.9. The fourth-order valence-corrected chi connectivity index (χ4v) is 3.36. The van der Waals surface area contributed by atoms with E-state index in [0.29, 0.717) is 30.9 Å². The Morgan fingerprint density at radius 1 is 1.19 bits per heavy atom. The molecule has 1 saturated carbocycles. The highest BCUT2D eigenvalue weighted by molar-refractivity contribution is 5.98. The third kappa shape index (κ3) is 5.53. The molecule has 7 heteroatoms. The van der Waals surface area contributed by atoms with Crippen LogP contribution in [0.1, 0.15) is 56.3 Å². The Kier molecular flexibility index (Phi) is 7.36. The van der Waals surface area contributed by atoms with Gasteiger partial charge in [-0.3, -0.25) is 14.4 Å². The molecule has 0 spiro atoms. The number of nitrogens with one attached hydrogen (secondary N) is 2. The lowest BCUT2D eigenvalue weighted by Gasteiger charge is -2.27. The van der Waals surface area contributed by atoms with Crippen molar-refractivity contribution in [1.82, 2.24) is 5.32 Å². The summed E-state index contributed by atoms with van der Waals surface area (Å²) in [4.78, 5) is 35.7. The maximum absolute atomic E-state index is 12.9. The molecule has 1 atom stereocenters. The summed E-state index contributed by atoms with van der Waals surface area (Å²) < 4.78 is 5.45. The van der Waals surface area contributed by atoms with Crippen LogP contribution in [-0.2, 0) is 14.3 Å². The Hall–Kier alpha value is -2.41. The van der Waals surface area contributed by atoms with Gasteiger partial charge in [0.2, 0.25) is 5.91 Å². The van der Waals surface area contributed by atoms with Crippen LogP contribution in [0.3, 0.4) is 0 Å². The number of carboxylic acids is 1. The van der Waals surface area contributed by atoms with E-state index in [1.807, 2.05) is 6.92 Å². The number of rotatable bonds is 9. The van der Waals surface area contributed by atoms with E-state index >= 15 is 0 Å². The molecule has 27 heavy (non-hydrogen) atoms. The zero-order chi connectivity index (χ0) is 19.9. The molecule has 1 aliphatic carbocycles. The molecule has 1 aromatic rings. The highest BCUT2D eigenvalue weighted by atomic mass is 16.5. The van der Waals surface area contributed by atoms with Crippen LogP contribution in [0.5, 0.6) is 0 Å². The van der Waals surface area contributed by atoms with E-state index in [-0.39, 0.29) is 11.3 Å². The Balaban J connectivity index is 1.99. The average molecular weight is 376 g/mol. The van der Waals surface area contributed by atoms with Gasteiger partial charge in [0.25, 0.3) is 5.91 Å². The van der Waals surface area contributed by atoms with Crippen molar-refractivity contribution in [1.29, 1.82) is 0 Å². The van der Waals surface area contributed by atoms with E-state index in [4.69, 9.17) is 9.84 Å². The van der Waals surface area contributed by atoms with Crippen LogP contribution >= 0.6 is 0 Å². The van der Waals surface area contributed by atoms with Gasteiger partial charge in [-0.05, 0) is 57.4 Å². The highest BCUT2D eigenvalue weighted by Gasteiger charge is 2.40. The second-order valence-electron chi connectivity index (χ2n) is 7.00. The first-order chi connectivity index (χ1) is 12.9. The number of aliphatic carboxylic acids is 1. The van der Waals surface area contributed by atoms with Gasteiger partial charge in [-0.15, -0.1) is 0 Å². The molecule has 1 fully saturated rings. The van der Waals surface area contributed by atoms with Gasteiger partial charge in [-0.25, -0.2) is 0 Å². The normalized spacial score (nSPS) is 16.5. The lowest BCUT2D eigenvalue weighted by atomic mass is 9.82. The second kappa shape index (κ2) is 9.50. The van der Waals surface area contributed by atoms with Gasteiger partial charge in [-0.2, -0.15) is 0 Å². The molecule has 1 aliphatic rings. The topological polar surface area (TPSA) is 105 Å². The number of amides is 2. The van der Waals surface area contributed by atoms with Crippen molar-refractivity contribution in [2.75, 3.05) is 18.5 Å². The van der Waals surface area contributed by atoms with E-state index in [1.54, 1.807) is 24.3 Å². The number of anilines is 1. The third-order valence-electron chi connectivity index (χ3n) is 5.09. The largest absolute Gasteiger partial charge is 0.480 e. The molecule has 0 bridgehead atoms. The highest BCUT2D eigenvalue weighted by Crippen LogP contribution is 2.42. The quantitative estimate of drug-likeness (QED) is 0.575. The first kappa shape index (κ1) is 20.9. The fraction of sp³-hybridized carbons (Fsp3) is 0.550. The molecule has 1 unspecified atom stereocenters. The number of hydrogen-bond donors (Lipinski definition) is 3. The lowest BCUT2D eigenvalue weighted by Crippen LogP contribution is -2.38. The summed E-state index contributed by atoms with van der Waals surface area (Å²) >= 11 is 0. The monoisotopic (exact) mass is 376 g/mol. The van der Waals surface area contributed by atoms with Crippen molar-refractivity contribution in [3.63, 3.8) is 0 Å². The molecule has 2 rings (SSSR count). The Morgan fingerprint density at radius 3 is 2.37 bits per heavy atom. The van der Waals surface area contributed by atoms with Crippen molar-refractivity contribution in [3.05, 3.63) is 29.8 Å². The minimum Gasteiger partial charge on any atom is -0.480 e. The SMILES string of the molecule is CCOCCC1(C(=O)Nc2ccc(C(=O)NC(C)C(=O)O)cc2)CCCC1. The first-order valence-corrected chi connectivity index (χ1v) is 9.41. The van der Waals surface area contributed by atoms with Gasteiger partial charge in [0, 0.05) is 24.5 Å². The Bertz CT molecular complexity index is 665. The minimum atomic E-state index is -1.10. The summed E-state index contributed by atoms with van der Waals surface area (Å²) in [7, 11) is 0. The molecule has 2 amide bonds. The zero-order valence-corrected chi connectivity index (χ0v) is 15.9. The summed E-state index contributed by atoms with van der Waals surface area (Å²) in [6.45, 7) is 4.56. The average Bonchev–Trinajstić information content (AvgIpc) is 3.12. The summed E-state index contributed by atoms with van der Waals surface area (Å²) in [5.41, 5.74) is 0.570. The van der Waals surface area contributed by atoms with Crippen LogP contribution in [0.2, 0.25) is 0 Å². The Labute approximate surface area is 159 Å². The third-order valence-corrected chi connectivity index (χ3v) is 5.09. The summed E-state index contributed by atoms with van der Waals surface area (Å²) in [6.07, 6.45) is 4.51. The number of hydrogen-bond acceptors (Lipinski definition) is 4. The van der Waals surface area contributed by atoms with Crippen LogP contribution in [0.25, 0.3) is 0 Å². The molecule has 0 radical (unpaired) electrons. The van der Waals surface area contributed by atoms with E-state index in [2.05, 4.69) is 10.6 Å². The van der Waals surface area contributed by atoms with Crippen molar-refractivity contribution in [2.24, 2.45) is 5.41 Å². The molecular weight excluding hydrogens is 348 g/mol. The standard InChI is InChI=1S/C20H28N2O5/c1-3-27-13-12-20(10-4-5-11-20)19(26)22-16-8-6-15(7-9-16)17(23)21-14(2)18(24)25/h6-9,14H,3-5,10-13H2,1-2H3,(H,21,23)(H,22,26)(H,24,25). The molecular formula is C20H28N2O5. The molecule has 0 saturated heterocycles. The lowest BCUT2D eigenvalue weighted by molar-refractivity contribution is -0.138. The van der Waals surface area contributed by atoms with Gasteiger partial charge in [0.05, 0.1) is 5.41 Å². The van der Waals surface area contributed by atoms with Crippen molar-refractivity contribution < 1.29 is 24.2 Å². The second-order valence-corrected chi connectivity index (χ2v) is 7.00. The maximum Gasteiger partial charge on any atom is 0.325 e. The molecule has 3 N–H and O–H groups in total. The van der Waals surface area contributed by atoms with Crippen molar-refractivity contribution in [3.8, 4) is 0 Å². The van der Waals surface area contributed by atoms with E-state index < -0.39 is 17.9 Å². The fourth-order valence-electron chi connectivity index (χ4n) is 3.36. The summed E-state index contributed by atoms with van der Waals surface area (Å²) in [5, 5.41) is 14.2. The van der Waals surface area contributed by atoms with Crippen LogP contribution < -0.4 is 10.6 Å². The molecule has 1 aromatic carbocycles. The number of carboxylic acid groups (broad SMARTS) is 1. The van der Waals surface area contributed by atoms with Gasteiger partial charge >= 0.3 is 5.97 Å². The number of carbonyl (C=O) groups excluding carboxylic acids is 2. The van der Waals surface area contributed by atoms with Crippen molar-refractivity contribution in [2.45, 2.75) is 52.0 Å². The van der Waals surface area contributed by atoms with E-state index in [9.17, 15) is 14.4 Å². The van der Waals surface area contributed by atoms with Crippen LogP contribution in [0.15, 0.2) is 24.3 Å². The predicted molar refractivity (Wildman–Crippen MR) is 102 cm³/mol. The minimum absolute atomic E-state index is 0.00333. The smallest absolute Gasteiger partial charge is 0.325 e. The Morgan fingerprint density at radius 2 is 1.81 bits per heavy atom. The van der Waals surface area contributed by atoms with Crippen LogP contribution in [0.4, 0.5) is 5.69 Å². The molecule has 7 nitrogen and oxygen atoms in total. The van der Waals surface area contributed by atoms with Crippen LogP contribution in [-0.4, -0.2) is 42.1 Å².